The minimum absolute atomic E-state index is 0.00905. The summed E-state index contributed by atoms with van der Waals surface area (Å²) < 4.78 is 75.1. The van der Waals surface area contributed by atoms with Crippen molar-refractivity contribution >= 4 is 16.9 Å². The lowest BCUT2D eigenvalue weighted by atomic mass is 9.88. The van der Waals surface area contributed by atoms with Crippen molar-refractivity contribution in [3.05, 3.63) is 65.5 Å². The molecule has 1 saturated carbocycles. The van der Waals surface area contributed by atoms with E-state index < -0.39 is 78.4 Å². The van der Waals surface area contributed by atoms with Gasteiger partial charge in [0.25, 0.3) is 5.91 Å². The zero-order chi connectivity index (χ0) is 35.0. The Hall–Kier alpha value is -4.29. The predicted octanol–water partition coefficient (Wildman–Crippen LogP) is 2.46. The zero-order valence-corrected chi connectivity index (χ0v) is 26.4. The van der Waals surface area contributed by atoms with Gasteiger partial charge in [-0.2, -0.15) is 0 Å². The van der Waals surface area contributed by atoms with Gasteiger partial charge in [-0.3, -0.25) is 4.79 Å². The number of methoxy groups -OCH3 is 2. The van der Waals surface area contributed by atoms with Gasteiger partial charge in [0.2, 0.25) is 5.88 Å². The Labute approximate surface area is 277 Å². The Bertz CT molecular complexity index is 1810. The topological polar surface area (TPSA) is 165 Å². The second-order valence-electron chi connectivity index (χ2n) is 12.0. The number of aliphatic hydroxyl groups is 3. The van der Waals surface area contributed by atoms with Crippen molar-refractivity contribution in [3.8, 4) is 17.1 Å². The number of nitrogens with zero attached hydrogens (tertiary/aromatic N) is 6. The monoisotopic (exact) mass is 690 g/mol. The number of ether oxygens (including phenoxy) is 3. The van der Waals surface area contributed by atoms with E-state index in [1.807, 2.05) is 0 Å². The van der Waals surface area contributed by atoms with E-state index in [0.717, 1.165) is 16.8 Å². The maximum Gasteiger partial charge on any atom is 0.255 e. The summed E-state index contributed by atoms with van der Waals surface area (Å²) in [7, 11) is 2.63. The fourth-order valence-electron chi connectivity index (χ4n) is 6.61. The van der Waals surface area contributed by atoms with Crippen molar-refractivity contribution < 1.29 is 51.9 Å². The van der Waals surface area contributed by atoms with Gasteiger partial charge in [0.15, 0.2) is 23.6 Å². The van der Waals surface area contributed by atoms with Crippen LogP contribution in [0.5, 0.6) is 5.88 Å². The van der Waals surface area contributed by atoms with Crippen LogP contribution < -0.4 is 4.74 Å². The first-order chi connectivity index (χ1) is 23.6. The Kier molecular flexibility index (Phi) is 10.1. The van der Waals surface area contributed by atoms with Crippen molar-refractivity contribution in [3.63, 3.8) is 0 Å². The van der Waals surface area contributed by atoms with Crippen LogP contribution in [0.4, 0.5) is 17.6 Å². The molecule has 2 fully saturated rings. The highest BCUT2D eigenvalue weighted by atomic mass is 19.2. The van der Waals surface area contributed by atoms with Gasteiger partial charge in [-0.05, 0) is 37.1 Å². The van der Waals surface area contributed by atoms with E-state index in [9.17, 15) is 33.3 Å². The van der Waals surface area contributed by atoms with Crippen molar-refractivity contribution in [2.24, 2.45) is 0 Å². The van der Waals surface area contributed by atoms with Crippen LogP contribution in [-0.4, -0.2) is 108 Å². The van der Waals surface area contributed by atoms with Crippen LogP contribution in [0.25, 0.3) is 22.3 Å². The summed E-state index contributed by atoms with van der Waals surface area (Å²) in [5.41, 5.74) is 0.239. The van der Waals surface area contributed by atoms with Crippen LogP contribution >= 0.6 is 0 Å². The lowest BCUT2D eigenvalue weighted by Gasteiger charge is -2.46. The normalized spacial score (nSPS) is 25.8. The van der Waals surface area contributed by atoms with E-state index in [0.29, 0.717) is 31.2 Å². The van der Waals surface area contributed by atoms with Crippen molar-refractivity contribution in [2.75, 3.05) is 20.8 Å². The zero-order valence-electron chi connectivity index (χ0n) is 26.4. The summed E-state index contributed by atoms with van der Waals surface area (Å²) in [5.74, 6) is -5.88. The molecule has 0 spiro atoms. The Balaban J connectivity index is 1.40. The highest BCUT2D eigenvalue weighted by Crippen LogP contribution is 2.36. The quantitative estimate of drug-likeness (QED) is 0.175. The number of rotatable bonds is 9. The summed E-state index contributed by atoms with van der Waals surface area (Å²) in [6, 6.07) is 2.04. The van der Waals surface area contributed by atoms with Crippen LogP contribution in [0.3, 0.4) is 0 Å². The largest absolute Gasteiger partial charge is 0.480 e. The number of benzene rings is 2. The van der Waals surface area contributed by atoms with E-state index in [2.05, 4.69) is 20.3 Å². The van der Waals surface area contributed by atoms with Gasteiger partial charge in [0.05, 0.1) is 50.3 Å². The minimum atomic E-state index is -1.66. The van der Waals surface area contributed by atoms with Crippen molar-refractivity contribution in [2.45, 2.75) is 74.8 Å². The molecule has 262 valence electrons. The third-order valence-corrected chi connectivity index (χ3v) is 9.13. The van der Waals surface area contributed by atoms with Crippen LogP contribution in [0.2, 0.25) is 0 Å². The number of hydrogen-bond acceptors (Lipinski definition) is 11. The molecule has 0 radical (unpaired) electrons. The molecule has 2 aromatic heterocycles. The molecule has 3 heterocycles. The smallest absolute Gasteiger partial charge is 0.255 e. The summed E-state index contributed by atoms with van der Waals surface area (Å²) >= 11 is 0. The Morgan fingerprint density at radius 1 is 1.08 bits per heavy atom. The van der Waals surface area contributed by atoms with Gasteiger partial charge in [-0.25, -0.2) is 32.2 Å². The van der Waals surface area contributed by atoms with Crippen LogP contribution in [0.15, 0.2) is 36.7 Å². The number of carbonyl (C=O) groups is 1. The van der Waals surface area contributed by atoms with Gasteiger partial charge in [0.1, 0.15) is 41.4 Å². The summed E-state index contributed by atoms with van der Waals surface area (Å²) in [6.07, 6.45) is -2.00. The third-order valence-electron chi connectivity index (χ3n) is 9.13. The van der Waals surface area contributed by atoms with E-state index in [1.54, 1.807) is 0 Å². The van der Waals surface area contributed by atoms with Crippen LogP contribution in [0, 0.1) is 23.3 Å². The maximum atomic E-state index is 15.6. The van der Waals surface area contributed by atoms with Gasteiger partial charge in [-0.1, -0.05) is 18.1 Å². The SMILES string of the molecule is COc1cnc2ccc(F)c(CN(C(=O)C3OC(CO)C(O)C(n4cc(-c5cc(F)c(F)c(F)c5)nn4)C3OC)[C@H]3CCCC[C@@H]3O)c2n1. The summed E-state index contributed by atoms with van der Waals surface area (Å²) in [6.45, 7) is -1.11. The molecule has 5 unspecified atom stereocenters. The molecule has 49 heavy (non-hydrogen) atoms. The van der Waals surface area contributed by atoms with Crippen molar-refractivity contribution in [1.82, 2.24) is 29.9 Å². The number of hydrogen-bond donors (Lipinski definition) is 3. The van der Waals surface area contributed by atoms with Gasteiger partial charge in [-0.15, -0.1) is 5.10 Å². The number of fused-ring (bicyclic) bond motifs is 1. The first-order valence-electron chi connectivity index (χ1n) is 15.6. The molecule has 1 saturated heterocycles. The highest BCUT2D eigenvalue weighted by Gasteiger charge is 2.52. The predicted molar refractivity (Wildman–Crippen MR) is 162 cm³/mol. The molecule has 2 aliphatic rings. The fourth-order valence-corrected chi connectivity index (χ4v) is 6.61. The van der Waals surface area contributed by atoms with Gasteiger partial charge in [0, 0.05) is 18.2 Å². The lowest BCUT2D eigenvalue weighted by Crippen LogP contribution is -2.62. The molecule has 6 rings (SSSR count). The molecule has 13 nitrogen and oxygen atoms in total. The first-order valence-corrected chi connectivity index (χ1v) is 15.6. The van der Waals surface area contributed by atoms with E-state index in [4.69, 9.17) is 14.2 Å². The summed E-state index contributed by atoms with van der Waals surface area (Å²) in [5, 5.41) is 40.5. The molecule has 2 aromatic carbocycles. The Morgan fingerprint density at radius 3 is 2.49 bits per heavy atom. The number of aromatic nitrogens is 5. The molecule has 17 heteroatoms. The number of halogens is 4. The van der Waals surface area contributed by atoms with E-state index >= 15 is 4.39 Å². The van der Waals surface area contributed by atoms with Gasteiger partial charge >= 0.3 is 0 Å². The molecular weight excluding hydrogens is 656 g/mol. The Morgan fingerprint density at radius 2 is 1.82 bits per heavy atom. The van der Waals surface area contributed by atoms with Crippen LogP contribution in [-0.2, 0) is 20.8 Å². The third kappa shape index (κ3) is 6.55. The maximum absolute atomic E-state index is 15.6. The highest BCUT2D eigenvalue weighted by molar-refractivity contribution is 5.84. The molecular formula is C32H34F4N6O7. The summed E-state index contributed by atoms with van der Waals surface area (Å²) in [4.78, 5) is 24.6. The molecule has 1 aliphatic heterocycles. The number of aliphatic hydroxyl groups excluding tert-OH is 3. The van der Waals surface area contributed by atoms with Gasteiger partial charge < -0.3 is 34.4 Å². The second-order valence-corrected chi connectivity index (χ2v) is 12.0. The second kappa shape index (κ2) is 14.3. The molecule has 7 atom stereocenters. The molecule has 4 aromatic rings. The minimum Gasteiger partial charge on any atom is -0.480 e. The average Bonchev–Trinajstić information content (AvgIpc) is 3.59. The first kappa shape index (κ1) is 34.6. The molecule has 1 amide bonds. The molecule has 0 bridgehead atoms. The average molecular weight is 691 g/mol. The van der Waals surface area contributed by atoms with E-state index in [-0.39, 0.29) is 34.8 Å². The fraction of sp³-hybridized carbons (Fsp3) is 0.469. The molecule has 1 aliphatic carbocycles. The number of carbonyl (C=O) groups excluding carboxylic acids is 1. The van der Waals surface area contributed by atoms with Crippen LogP contribution in [0.1, 0.15) is 37.3 Å². The lowest BCUT2D eigenvalue weighted by molar-refractivity contribution is -0.219. The standard InChI is InChI=1S/C32H34F4N6O7/c1-47-25-11-37-20-8-7-17(33)16(27(20)38-25)12-41(22-5-3-4-6-23(22)44)32(46)31-30(48-2)28(29(45)24(14-43)49-31)42-13-21(39-40-42)15-9-18(34)26(36)19(35)10-15/h7-11,13,22-24,28-31,43-45H,3-6,12,14H2,1-2H3/t22-,23-,24?,28?,29?,30?,31?/m0/s1. The molecule has 3 N–H and O–H groups in total. The van der Waals surface area contributed by atoms with E-state index in [1.165, 1.54) is 43.6 Å². The number of amides is 1. The van der Waals surface area contributed by atoms with Crippen molar-refractivity contribution in [1.29, 1.82) is 0 Å².